The minimum absolute atomic E-state index is 0.0169. The maximum Gasteiger partial charge on any atom is 0.123 e. The number of hydrogen-bond donors (Lipinski definition) is 1. The molecule has 0 bridgehead atoms. The van der Waals surface area contributed by atoms with Crippen molar-refractivity contribution in [3.05, 3.63) is 35.6 Å². The summed E-state index contributed by atoms with van der Waals surface area (Å²) in [6.45, 7) is 2.57. The van der Waals surface area contributed by atoms with Crippen molar-refractivity contribution in [2.24, 2.45) is 5.73 Å². The highest BCUT2D eigenvalue weighted by Crippen LogP contribution is 2.08. The predicted molar refractivity (Wildman–Crippen MR) is 64.1 cm³/mol. The Bertz CT molecular complexity index is 354. The van der Waals surface area contributed by atoms with Crippen LogP contribution in [0.25, 0.3) is 0 Å². The van der Waals surface area contributed by atoms with E-state index in [-0.39, 0.29) is 11.9 Å². The fourth-order valence-corrected chi connectivity index (χ4v) is 1.46. The number of benzene rings is 1. The van der Waals surface area contributed by atoms with Crippen molar-refractivity contribution < 1.29 is 4.39 Å². The standard InChI is InChI=1S/C11H15FN2S/c1-8(11(13)15)14(2)7-9-4-3-5-10(12)6-9/h3-6,8H,7H2,1-2H3,(H2,13,15). The van der Waals surface area contributed by atoms with E-state index in [1.807, 2.05) is 24.9 Å². The molecule has 82 valence electrons. The van der Waals surface area contributed by atoms with Gasteiger partial charge < -0.3 is 5.73 Å². The summed E-state index contributed by atoms with van der Waals surface area (Å²) in [7, 11) is 1.91. The molecule has 1 aromatic rings. The Hall–Kier alpha value is -1.00. The highest BCUT2D eigenvalue weighted by atomic mass is 32.1. The van der Waals surface area contributed by atoms with Gasteiger partial charge in [0.25, 0.3) is 0 Å². The van der Waals surface area contributed by atoms with Gasteiger partial charge in [-0.2, -0.15) is 0 Å². The summed E-state index contributed by atoms with van der Waals surface area (Å²) in [5.74, 6) is -0.219. The average Bonchev–Trinajstić information content (AvgIpc) is 2.16. The molecule has 1 atom stereocenters. The Kier molecular flexibility index (Phi) is 4.17. The van der Waals surface area contributed by atoms with E-state index >= 15 is 0 Å². The first-order valence-electron chi connectivity index (χ1n) is 4.74. The summed E-state index contributed by atoms with van der Waals surface area (Å²) in [6.07, 6.45) is 0. The van der Waals surface area contributed by atoms with Gasteiger partial charge in [-0.15, -0.1) is 0 Å². The molecule has 15 heavy (non-hydrogen) atoms. The van der Waals surface area contributed by atoms with Crippen LogP contribution >= 0.6 is 12.2 Å². The lowest BCUT2D eigenvalue weighted by Gasteiger charge is -2.23. The topological polar surface area (TPSA) is 29.3 Å². The molecule has 0 aliphatic carbocycles. The van der Waals surface area contributed by atoms with E-state index in [9.17, 15) is 4.39 Å². The third kappa shape index (κ3) is 3.57. The predicted octanol–water partition coefficient (Wildman–Crippen LogP) is 1.93. The lowest BCUT2D eigenvalue weighted by Crippen LogP contribution is -2.38. The maximum atomic E-state index is 12.9. The lowest BCUT2D eigenvalue weighted by atomic mass is 10.2. The number of thiocarbonyl (C=S) groups is 1. The number of hydrogen-bond acceptors (Lipinski definition) is 2. The Balaban J connectivity index is 2.66. The van der Waals surface area contributed by atoms with Crippen LogP contribution in [-0.4, -0.2) is 23.0 Å². The molecule has 0 amide bonds. The van der Waals surface area contributed by atoms with Gasteiger partial charge in [0.2, 0.25) is 0 Å². The maximum absolute atomic E-state index is 12.9. The van der Waals surface area contributed by atoms with Gasteiger partial charge in [-0.25, -0.2) is 4.39 Å². The van der Waals surface area contributed by atoms with Crippen molar-refractivity contribution in [3.8, 4) is 0 Å². The molecule has 0 aliphatic rings. The van der Waals surface area contributed by atoms with Gasteiger partial charge in [0.15, 0.2) is 0 Å². The van der Waals surface area contributed by atoms with Gasteiger partial charge in [0.05, 0.1) is 11.0 Å². The van der Waals surface area contributed by atoms with Crippen LogP contribution in [0.15, 0.2) is 24.3 Å². The molecule has 0 saturated carbocycles. The van der Waals surface area contributed by atoms with Crippen LogP contribution in [0.3, 0.4) is 0 Å². The SMILES string of the molecule is CC(C(N)=S)N(C)Cc1cccc(F)c1. The monoisotopic (exact) mass is 226 g/mol. The van der Waals surface area contributed by atoms with Crippen LogP contribution in [-0.2, 0) is 6.54 Å². The van der Waals surface area contributed by atoms with Crippen molar-refractivity contribution in [2.75, 3.05) is 7.05 Å². The van der Waals surface area contributed by atoms with Gasteiger partial charge in [-0.05, 0) is 31.7 Å². The first kappa shape index (κ1) is 12.1. The fraction of sp³-hybridized carbons (Fsp3) is 0.364. The molecule has 2 N–H and O–H groups in total. The van der Waals surface area contributed by atoms with Crippen LogP contribution in [0.5, 0.6) is 0 Å². The van der Waals surface area contributed by atoms with Crippen LogP contribution in [0.1, 0.15) is 12.5 Å². The number of likely N-dealkylation sites (N-methyl/N-ethyl adjacent to an activating group) is 1. The largest absolute Gasteiger partial charge is 0.392 e. The molecule has 0 saturated heterocycles. The third-order valence-electron chi connectivity index (χ3n) is 2.39. The molecular weight excluding hydrogens is 211 g/mol. The molecule has 1 rings (SSSR count). The van der Waals surface area contributed by atoms with Gasteiger partial charge in [-0.1, -0.05) is 24.4 Å². The summed E-state index contributed by atoms with van der Waals surface area (Å²) in [5.41, 5.74) is 6.45. The van der Waals surface area contributed by atoms with Crippen molar-refractivity contribution in [1.82, 2.24) is 4.90 Å². The van der Waals surface area contributed by atoms with E-state index < -0.39 is 0 Å². The Morgan fingerprint density at radius 3 is 2.80 bits per heavy atom. The second-order valence-electron chi connectivity index (χ2n) is 3.62. The molecular formula is C11H15FN2S. The van der Waals surface area contributed by atoms with Crippen molar-refractivity contribution >= 4 is 17.2 Å². The van der Waals surface area contributed by atoms with Crippen molar-refractivity contribution in [3.63, 3.8) is 0 Å². The summed E-state index contributed by atoms with van der Waals surface area (Å²) in [4.78, 5) is 2.44. The van der Waals surface area contributed by atoms with Gasteiger partial charge >= 0.3 is 0 Å². The molecule has 2 nitrogen and oxygen atoms in total. The molecule has 0 heterocycles. The first-order valence-corrected chi connectivity index (χ1v) is 5.15. The van der Waals surface area contributed by atoms with E-state index in [4.69, 9.17) is 18.0 Å². The minimum Gasteiger partial charge on any atom is -0.392 e. The summed E-state index contributed by atoms with van der Waals surface area (Å²) < 4.78 is 12.9. The average molecular weight is 226 g/mol. The smallest absolute Gasteiger partial charge is 0.123 e. The van der Waals surface area contributed by atoms with Crippen LogP contribution in [0, 0.1) is 5.82 Å². The summed E-state index contributed by atoms with van der Waals surface area (Å²) in [6, 6.07) is 6.54. The van der Waals surface area contributed by atoms with E-state index in [1.165, 1.54) is 12.1 Å². The molecule has 0 fully saturated rings. The van der Waals surface area contributed by atoms with Crippen molar-refractivity contribution in [1.29, 1.82) is 0 Å². The highest BCUT2D eigenvalue weighted by molar-refractivity contribution is 7.80. The van der Waals surface area contributed by atoms with Gasteiger partial charge in [0, 0.05) is 6.54 Å². The van der Waals surface area contributed by atoms with E-state index in [2.05, 4.69) is 0 Å². The second-order valence-corrected chi connectivity index (χ2v) is 4.09. The Morgan fingerprint density at radius 2 is 2.27 bits per heavy atom. The van der Waals surface area contributed by atoms with Crippen LogP contribution in [0.2, 0.25) is 0 Å². The molecule has 0 aromatic heterocycles. The quantitative estimate of drug-likeness (QED) is 0.795. The number of nitrogens with zero attached hydrogens (tertiary/aromatic N) is 1. The lowest BCUT2D eigenvalue weighted by molar-refractivity contribution is 0.304. The zero-order valence-corrected chi connectivity index (χ0v) is 9.72. The zero-order chi connectivity index (χ0) is 11.4. The minimum atomic E-state index is -0.219. The molecule has 1 unspecified atom stereocenters. The molecule has 0 aliphatic heterocycles. The molecule has 0 spiro atoms. The third-order valence-corrected chi connectivity index (χ3v) is 2.74. The van der Waals surface area contributed by atoms with Gasteiger partial charge in [-0.3, -0.25) is 4.90 Å². The summed E-state index contributed by atoms with van der Waals surface area (Å²) >= 11 is 4.90. The van der Waals surface area contributed by atoms with Crippen molar-refractivity contribution in [2.45, 2.75) is 19.5 Å². The number of nitrogens with two attached hydrogens (primary N) is 1. The van der Waals surface area contributed by atoms with E-state index in [0.717, 1.165) is 5.56 Å². The number of halogens is 1. The second kappa shape index (κ2) is 5.19. The fourth-order valence-electron chi connectivity index (χ4n) is 1.28. The Morgan fingerprint density at radius 1 is 1.60 bits per heavy atom. The highest BCUT2D eigenvalue weighted by Gasteiger charge is 2.11. The number of rotatable bonds is 4. The van der Waals surface area contributed by atoms with Gasteiger partial charge in [0.1, 0.15) is 5.82 Å². The van der Waals surface area contributed by atoms with E-state index in [0.29, 0.717) is 11.5 Å². The molecule has 1 aromatic carbocycles. The van der Waals surface area contributed by atoms with Crippen LogP contribution in [0.4, 0.5) is 4.39 Å². The molecule has 0 radical (unpaired) electrons. The molecule has 4 heteroatoms. The van der Waals surface area contributed by atoms with Crippen LogP contribution < -0.4 is 5.73 Å². The van der Waals surface area contributed by atoms with E-state index in [1.54, 1.807) is 6.07 Å². The summed E-state index contributed by atoms with van der Waals surface area (Å²) in [5, 5.41) is 0. The normalized spacial score (nSPS) is 12.8. The Labute approximate surface area is 94.9 Å². The first-order chi connectivity index (χ1) is 7.00. The zero-order valence-electron chi connectivity index (χ0n) is 8.90.